The highest BCUT2D eigenvalue weighted by Gasteiger charge is 2.07. The molecule has 4 heteroatoms. The van der Waals surface area contributed by atoms with Crippen LogP contribution in [0.25, 0.3) is 0 Å². The van der Waals surface area contributed by atoms with Crippen molar-refractivity contribution in [1.82, 2.24) is 9.88 Å². The zero-order valence-corrected chi connectivity index (χ0v) is 12.6. The third-order valence-electron chi connectivity index (χ3n) is 3.27. The van der Waals surface area contributed by atoms with E-state index in [1.54, 1.807) is 0 Å². The summed E-state index contributed by atoms with van der Waals surface area (Å²) in [6.07, 6.45) is 6.24. The van der Waals surface area contributed by atoms with Gasteiger partial charge in [-0.15, -0.1) is 11.3 Å². The molecule has 0 saturated carbocycles. The molecule has 0 bridgehead atoms. The van der Waals surface area contributed by atoms with Gasteiger partial charge in [0.15, 0.2) is 5.78 Å². The highest BCUT2D eigenvalue weighted by atomic mass is 32.1. The summed E-state index contributed by atoms with van der Waals surface area (Å²) in [5, 5.41) is 1.95. The summed E-state index contributed by atoms with van der Waals surface area (Å²) in [7, 11) is 2.11. The molecule has 2 rings (SSSR count). The summed E-state index contributed by atoms with van der Waals surface area (Å²) < 4.78 is 0. The standard InChI is InChI=1S/C16H20N2OS/c1-18(12-8-14-6-9-17-10-7-14)11-2-4-15(19)16-5-3-13-20-16/h3,5-7,9-10,13H,2,4,8,11-12H2,1H3. The van der Waals surface area contributed by atoms with Gasteiger partial charge in [0.2, 0.25) is 0 Å². The van der Waals surface area contributed by atoms with Crippen LogP contribution in [0.1, 0.15) is 28.1 Å². The molecule has 0 aliphatic carbocycles. The van der Waals surface area contributed by atoms with Crippen LogP contribution in [-0.2, 0) is 6.42 Å². The first-order chi connectivity index (χ1) is 9.75. The third-order valence-corrected chi connectivity index (χ3v) is 4.18. The maximum atomic E-state index is 11.9. The van der Waals surface area contributed by atoms with Gasteiger partial charge in [0.1, 0.15) is 0 Å². The second-order valence-electron chi connectivity index (χ2n) is 4.91. The van der Waals surface area contributed by atoms with Crippen molar-refractivity contribution in [2.24, 2.45) is 0 Å². The molecule has 2 aromatic rings. The summed E-state index contributed by atoms with van der Waals surface area (Å²) in [5.41, 5.74) is 1.31. The zero-order chi connectivity index (χ0) is 14.2. The molecule has 0 spiro atoms. The molecule has 106 valence electrons. The minimum atomic E-state index is 0.266. The molecule has 0 amide bonds. The van der Waals surface area contributed by atoms with E-state index in [4.69, 9.17) is 0 Å². The van der Waals surface area contributed by atoms with Crippen LogP contribution in [0.4, 0.5) is 0 Å². The Hall–Kier alpha value is -1.52. The largest absolute Gasteiger partial charge is 0.306 e. The van der Waals surface area contributed by atoms with Gasteiger partial charge in [0.25, 0.3) is 0 Å². The van der Waals surface area contributed by atoms with Gasteiger partial charge in [0.05, 0.1) is 4.88 Å². The van der Waals surface area contributed by atoms with Crippen LogP contribution in [0.5, 0.6) is 0 Å². The number of aromatic nitrogens is 1. The number of hydrogen-bond donors (Lipinski definition) is 0. The monoisotopic (exact) mass is 288 g/mol. The number of likely N-dealkylation sites (N-methyl/N-ethyl adjacent to an activating group) is 1. The van der Waals surface area contributed by atoms with Crippen LogP contribution in [0, 0.1) is 0 Å². The van der Waals surface area contributed by atoms with Crippen molar-refractivity contribution in [3.8, 4) is 0 Å². The first kappa shape index (κ1) is 14.9. The predicted octanol–water partition coefficient (Wildman–Crippen LogP) is 3.28. The molecule has 0 N–H and O–H groups in total. The van der Waals surface area contributed by atoms with Gasteiger partial charge in [-0.2, -0.15) is 0 Å². The fourth-order valence-electron chi connectivity index (χ4n) is 2.05. The number of thiophene rings is 1. The van der Waals surface area contributed by atoms with Crippen molar-refractivity contribution >= 4 is 17.1 Å². The van der Waals surface area contributed by atoms with Gasteiger partial charge >= 0.3 is 0 Å². The van der Waals surface area contributed by atoms with Crippen molar-refractivity contribution < 1.29 is 4.79 Å². The number of nitrogens with zero attached hydrogens (tertiary/aromatic N) is 2. The molecule has 2 aromatic heterocycles. The average Bonchev–Trinajstić information content (AvgIpc) is 3.00. The quantitative estimate of drug-likeness (QED) is 0.699. The van der Waals surface area contributed by atoms with Gasteiger partial charge < -0.3 is 4.90 Å². The van der Waals surface area contributed by atoms with Gasteiger partial charge in [-0.1, -0.05) is 6.07 Å². The molecule has 0 aliphatic heterocycles. The fraction of sp³-hybridized carbons (Fsp3) is 0.375. The molecular formula is C16H20N2OS. The first-order valence-corrected chi connectivity index (χ1v) is 7.78. The number of pyridine rings is 1. The predicted molar refractivity (Wildman–Crippen MR) is 83.3 cm³/mol. The molecule has 0 aliphatic rings. The Kier molecular flexibility index (Phi) is 5.89. The van der Waals surface area contributed by atoms with Crippen LogP contribution in [0.3, 0.4) is 0 Å². The molecule has 0 fully saturated rings. The molecule has 0 unspecified atom stereocenters. The molecular weight excluding hydrogens is 268 g/mol. The third kappa shape index (κ3) is 4.87. The van der Waals surface area contributed by atoms with Crippen LogP contribution < -0.4 is 0 Å². The van der Waals surface area contributed by atoms with Crippen molar-refractivity contribution in [1.29, 1.82) is 0 Å². The maximum Gasteiger partial charge on any atom is 0.172 e. The second-order valence-corrected chi connectivity index (χ2v) is 5.86. The van der Waals surface area contributed by atoms with Crippen molar-refractivity contribution in [3.05, 3.63) is 52.5 Å². The van der Waals surface area contributed by atoms with Gasteiger partial charge in [0, 0.05) is 25.4 Å². The topological polar surface area (TPSA) is 33.2 Å². The number of ketones is 1. The van der Waals surface area contributed by atoms with E-state index in [9.17, 15) is 4.79 Å². The smallest absolute Gasteiger partial charge is 0.172 e. The lowest BCUT2D eigenvalue weighted by molar-refractivity contribution is 0.0980. The van der Waals surface area contributed by atoms with Gasteiger partial charge in [-0.05, 0) is 55.6 Å². The summed E-state index contributed by atoms with van der Waals surface area (Å²) in [6.45, 7) is 1.97. The summed E-state index contributed by atoms with van der Waals surface area (Å²) in [4.78, 5) is 19.0. The molecule has 2 heterocycles. The molecule has 3 nitrogen and oxygen atoms in total. The van der Waals surface area contributed by atoms with E-state index in [-0.39, 0.29) is 5.78 Å². The second kappa shape index (κ2) is 7.92. The number of carbonyl (C=O) groups excluding carboxylic acids is 1. The molecule has 0 atom stereocenters. The summed E-state index contributed by atoms with van der Waals surface area (Å²) >= 11 is 1.53. The lowest BCUT2D eigenvalue weighted by Gasteiger charge is -2.16. The summed E-state index contributed by atoms with van der Waals surface area (Å²) in [5.74, 6) is 0.266. The normalized spacial score (nSPS) is 10.9. The van der Waals surface area contributed by atoms with Gasteiger partial charge in [-0.3, -0.25) is 9.78 Å². The SMILES string of the molecule is CN(CCCC(=O)c1cccs1)CCc1ccncc1. The van der Waals surface area contributed by atoms with E-state index in [1.165, 1.54) is 16.9 Å². The van der Waals surface area contributed by atoms with E-state index < -0.39 is 0 Å². The highest BCUT2D eigenvalue weighted by Crippen LogP contribution is 2.12. The Labute approximate surface area is 124 Å². The number of rotatable bonds is 8. The molecule has 0 radical (unpaired) electrons. The van der Waals surface area contributed by atoms with E-state index in [1.807, 2.05) is 42.0 Å². The summed E-state index contributed by atoms with van der Waals surface area (Å²) in [6, 6.07) is 7.93. The first-order valence-electron chi connectivity index (χ1n) is 6.90. The molecule has 0 saturated heterocycles. The van der Waals surface area contributed by atoms with Crippen molar-refractivity contribution in [2.45, 2.75) is 19.3 Å². The Morgan fingerprint density at radius 1 is 1.25 bits per heavy atom. The average molecular weight is 288 g/mol. The molecule has 0 aromatic carbocycles. The Bertz CT molecular complexity index is 511. The number of Topliss-reactive ketones (excluding diaryl/α,β-unsaturated/α-hetero) is 1. The van der Waals surface area contributed by atoms with Crippen molar-refractivity contribution in [2.75, 3.05) is 20.1 Å². The van der Waals surface area contributed by atoms with Gasteiger partial charge in [-0.25, -0.2) is 0 Å². The lowest BCUT2D eigenvalue weighted by Crippen LogP contribution is -2.23. The van der Waals surface area contributed by atoms with Crippen LogP contribution in [0.2, 0.25) is 0 Å². The van der Waals surface area contributed by atoms with E-state index in [0.717, 1.165) is 30.8 Å². The number of carbonyl (C=O) groups is 1. The van der Waals surface area contributed by atoms with Crippen LogP contribution >= 0.6 is 11.3 Å². The Morgan fingerprint density at radius 2 is 2.05 bits per heavy atom. The van der Waals surface area contributed by atoms with E-state index >= 15 is 0 Å². The van der Waals surface area contributed by atoms with Crippen LogP contribution in [0.15, 0.2) is 42.0 Å². The zero-order valence-electron chi connectivity index (χ0n) is 11.8. The lowest BCUT2D eigenvalue weighted by atomic mass is 10.1. The minimum Gasteiger partial charge on any atom is -0.306 e. The van der Waals surface area contributed by atoms with Crippen LogP contribution in [-0.4, -0.2) is 35.8 Å². The van der Waals surface area contributed by atoms with Crippen molar-refractivity contribution in [3.63, 3.8) is 0 Å². The van der Waals surface area contributed by atoms with E-state index in [0.29, 0.717) is 6.42 Å². The fourth-order valence-corrected chi connectivity index (χ4v) is 2.75. The van der Waals surface area contributed by atoms with E-state index in [2.05, 4.69) is 16.9 Å². The highest BCUT2D eigenvalue weighted by molar-refractivity contribution is 7.12. The molecule has 20 heavy (non-hydrogen) atoms. The number of hydrogen-bond acceptors (Lipinski definition) is 4. The maximum absolute atomic E-state index is 11.9. The Morgan fingerprint density at radius 3 is 2.75 bits per heavy atom. The minimum absolute atomic E-state index is 0.266. The Balaban J connectivity index is 1.63.